The number of carbonyl (C=O) groups excluding carboxylic acids is 2. The number of thiophene rings is 1. The molecular weight excluding hydrogens is 359 g/mol. The lowest BCUT2D eigenvalue weighted by molar-refractivity contribution is -0.123. The number of ether oxygens (including phenoxy) is 1. The Labute approximate surface area is 146 Å². The van der Waals surface area contributed by atoms with Gasteiger partial charge in [-0.25, -0.2) is 4.79 Å². The van der Waals surface area contributed by atoms with Crippen molar-refractivity contribution in [2.75, 3.05) is 5.32 Å². The first-order valence-electron chi connectivity index (χ1n) is 6.37. The van der Waals surface area contributed by atoms with Gasteiger partial charge < -0.3 is 10.1 Å². The number of halogens is 2. The highest BCUT2D eigenvalue weighted by Crippen LogP contribution is 2.24. The van der Waals surface area contributed by atoms with Crippen LogP contribution in [0.5, 0.6) is 0 Å². The third-order valence-corrected chi connectivity index (χ3v) is 4.20. The zero-order valence-electron chi connectivity index (χ0n) is 11.8. The Bertz CT molecular complexity index is 798. The van der Waals surface area contributed by atoms with E-state index < -0.39 is 18.0 Å². The first kappa shape index (κ1) is 17.3. The number of anilines is 1. The number of rotatable bonds is 4. The Morgan fingerprint density at radius 1 is 1.35 bits per heavy atom. The average Bonchev–Trinajstić information content (AvgIpc) is 2.94. The van der Waals surface area contributed by atoms with Crippen molar-refractivity contribution in [3.05, 3.63) is 50.8 Å². The highest BCUT2D eigenvalue weighted by Gasteiger charge is 2.21. The molecule has 1 heterocycles. The highest BCUT2D eigenvalue weighted by molar-refractivity contribution is 7.14. The normalized spacial score (nSPS) is 11.4. The number of nitriles is 1. The second-order valence-electron chi connectivity index (χ2n) is 4.44. The van der Waals surface area contributed by atoms with Crippen molar-refractivity contribution in [2.45, 2.75) is 13.0 Å². The number of amides is 1. The zero-order valence-corrected chi connectivity index (χ0v) is 14.1. The largest absolute Gasteiger partial charge is 0.449 e. The van der Waals surface area contributed by atoms with Gasteiger partial charge >= 0.3 is 5.97 Å². The molecule has 2 aromatic rings. The summed E-state index contributed by atoms with van der Waals surface area (Å²) in [7, 11) is 0. The van der Waals surface area contributed by atoms with Crippen molar-refractivity contribution in [1.29, 1.82) is 5.26 Å². The predicted molar refractivity (Wildman–Crippen MR) is 89.0 cm³/mol. The van der Waals surface area contributed by atoms with Gasteiger partial charge in [-0.3, -0.25) is 4.79 Å². The first-order valence-corrected chi connectivity index (χ1v) is 8.00. The number of hydrogen-bond donors (Lipinski definition) is 1. The van der Waals surface area contributed by atoms with E-state index in [0.717, 1.165) is 0 Å². The molecule has 1 amide bonds. The fourth-order valence-corrected chi connectivity index (χ4v) is 2.87. The molecular formula is C15H10Cl2N2O3S. The fourth-order valence-electron chi connectivity index (χ4n) is 1.64. The molecule has 1 atom stereocenters. The van der Waals surface area contributed by atoms with Crippen LogP contribution in [-0.2, 0) is 9.53 Å². The minimum atomic E-state index is -1.05. The molecule has 118 valence electrons. The van der Waals surface area contributed by atoms with Crippen molar-refractivity contribution in [2.24, 2.45) is 0 Å². The van der Waals surface area contributed by atoms with Crippen LogP contribution in [0.2, 0.25) is 10.0 Å². The smallest absolute Gasteiger partial charge is 0.340 e. The lowest BCUT2D eigenvalue weighted by atomic mass is 10.2. The van der Waals surface area contributed by atoms with Crippen LogP contribution < -0.4 is 5.32 Å². The van der Waals surface area contributed by atoms with Crippen LogP contribution in [0.3, 0.4) is 0 Å². The maximum absolute atomic E-state index is 12.0. The third kappa shape index (κ3) is 4.23. The second-order valence-corrected chi connectivity index (χ2v) is 6.20. The van der Waals surface area contributed by atoms with Crippen molar-refractivity contribution in [3.63, 3.8) is 0 Å². The lowest BCUT2D eigenvalue weighted by Crippen LogP contribution is -2.30. The van der Waals surface area contributed by atoms with E-state index in [4.69, 9.17) is 33.2 Å². The van der Waals surface area contributed by atoms with Crippen LogP contribution in [0.15, 0.2) is 29.6 Å². The van der Waals surface area contributed by atoms with E-state index in [2.05, 4.69) is 5.32 Å². The summed E-state index contributed by atoms with van der Waals surface area (Å²) in [4.78, 5) is 24.1. The number of nitrogens with one attached hydrogen (secondary N) is 1. The van der Waals surface area contributed by atoms with Crippen LogP contribution in [0.25, 0.3) is 0 Å². The fraction of sp³-hybridized carbons (Fsp3) is 0.133. The minimum Gasteiger partial charge on any atom is -0.449 e. The lowest BCUT2D eigenvalue weighted by Gasteiger charge is -2.13. The molecule has 1 N–H and O–H groups in total. The van der Waals surface area contributed by atoms with Crippen molar-refractivity contribution >= 4 is 51.4 Å². The van der Waals surface area contributed by atoms with Gasteiger partial charge in [-0.1, -0.05) is 23.2 Å². The van der Waals surface area contributed by atoms with Crippen LogP contribution in [0.4, 0.5) is 5.00 Å². The molecule has 23 heavy (non-hydrogen) atoms. The Morgan fingerprint density at radius 2 is 2.09 bits per heavy atom. The Morgan fingerprint density at radius 3 is 2.74 bits per heavy atom. The molecule has 8 heteroatoms. The standard InChI is InChI=1S/C15H10Cl2N2O3S/c1-8(13(20)19-14-9(7-18)4-5-23-14)22-15(21)11-3-2-10(16)6-12(11)17/h2-6,8H,1H3,(H,19,20)/t8-/m0/s1. The summed E-state index contributed by atoms with van der Waals surface area (Å²) in [6.07, 6.45) is -1.05. The predicted octanol–water partition coefficient (Wildman–Crippen LogP) is 4.11. The number of hydrogen-bond acceptors (Lipinski definition) is 5. The summed E-state index contributed by atoms with van der Waals surface area (Å²) >= 11 is 12.9. The molecule has 0 aliphatic heterocycles. The van der Waals surface area contributed by atoms with E-state index in [9.17, 15) is 9.59 Å². The van der Waals surface area contributed by atoms with Gasteiger partial charge in [0.1, 0.15) is 11.1 Å². The molecule has 1 aromatic heterocycles. The van der Waals surface area contributed by atoms with E-state index in [0.29, 0.717) is 15.6 Å². The Hall–Kier alpha value is -2.07. The van der Waals surface area contributed by atoms with Gasteiger partial charge in [0, 0.05) is 5.02 Å². The Balaban J connectivity index is 2.03. The third-order valence-electron chi connectivity index (χ3n) is 2.83. The topological polar surface area (TPSA) is 79.2 Å². The number of esters is 1. The molecule has 0 fully saturated rings. The molecule has 0 bridgehead atoms. The Kier molecular flexibility index (Phi) is 5.61. The maximum Gasteiger partial charge on any atom is 0.340 e. The van der Waals surface area contributed by atoms with Gasteiger partial charge in [0.15, 0.2) is 6.10 Å². The molecule has 5 nitrogen and oxygen atoms in total. The molecule has 0 saturated heterocycles. The quantitative estimate of drug-likeness (QED) is 0.823. The molecule has 0 radical (unpaired) electrons. The van der Waals surface area contributed by atoms with Gasteiger partial charge in [0.05, 0.1) is 16.1 Å². The minimum absolute atomic E-state index is 0.115. The molecule has 1 aromatic carbocycles. The van der Waals surface area contributed by atoms with Crippen LogP contribution in [-0.4, -0.2) is 18.0 Å². The number of benzene rings is 1. The average molecular weight is 369 g/mol. The van der Waals surface area contributed by atoms with Crippen molar-refractivity contribution in [1.82, 2.24) is 0 Å². The van der Waals surface area contributed by atoms with Gasteiger partial charge in [-0.2, -0.15) is 5.26 Å². The van der Waals surface area contributed by atoms with Gasteiger partial charge in [-0.15, -0.1) is 11.3 Å². The summed E-state index contributed by atoms with van der Waals surface area (Å²) in [5, 5.41) is 14.1. The first-order chi connectivity index (χ1) is 10.9. The van der Waals surface area contributed by atoms with Gasteiger partial charge in [0.2, 0.25) is 0 Å². The van der Waals surface area contributed by atoms with Crippen LogP contribution in [0, 0.1) is 11.3 Å². The number of carbonyl (C=O) groups is 2. The van der Waals surface area contributed by atoms with E-state index >= 15 is 0 Å². The molecule has 0 spiro atoms. The van der Waals surface area contributed by atoms with Crippen molar-refractivity contribution in [3.8, 4) is 6.07 Å². The molecule has 2 rings (SSSR count). The summed E-state index contributed by atoms with van der Waals surface area (Å²) < 4.78 is 5.08. The molecule has 0 aliphatic carbocycles. The van der Waals surface area contributed by atoms with Gasteiger partial charge in [0.25, 0.3) is 5.91 Å². The van der Waals surface area contributed by atoms with Crippen LogP contribution >= 0.6 is 34.5 Å². The summed E-state index contributed by atoms with van der Waals surface area (Å²) in [6.45, 7) is 1.43. The van der Waals surface area contributed by atoms with E-state index in [1.807, 2.05) is 6.07 Å². The summed E-state index contributed by atoms with van der Waals surface area (Å²) in [6, 6.07) is 7.88. The van der Waals surface area contributed by atoms with Crippen LogP contribution in [0.1, 0.15) is 22.8 Å². The SMILES string of the molecule is C[C@H](OC(=O)c1ccc(Cl)cc1Cl)C(=O)Nc1sccc1C#N. The van der Waals surface area contributed by atoms with Crippen molar-refractivity contribution < 1.29 is 14.3 Å². The maximum atomic E-state index is 12.0. The van der Waals surface area contributed by atoms with E-state index in [-0.39, 0.29) is 10.6 Å². The van der Waals surface area contributed by atoms with E-state index in [1.165, 1.54) is 36.5 Å². The summed E-state index contributed by atoms with van der Waals surface area (Å²) in [5.41, 5.74) is 0.465. The van der Waals surface area contributed by atoms with E-state index in [1.54, 1.807) is 11.4 Å². The highest BCUT2D eigenvalue weighted by atomic mass is 35.5. The number of nitrogens with zero attached hydrogens (tertiary/aromatic N) is 1. The molecule has 0 saturated carbocycles. The summed E-state index contributed by atoms with van der Waals surface area (Å²) in [5.74, 6) is -1.27. The monoisotopic (exact) mass is 368 g/mol. The molecule has 0 unspecified atom stereocenters. The second kappa shape index (κ2) is 7.47. The molecule has 0 aliphatic rings. The van der Waals surface area contributed by atoms with Gasteiger partial charge in [-0.05, 0) is 36.6 Å². The zero-order chi connectivity index (χ0) is 17.0.